The van der Waals surface area contributed by atoms with Crippen molar-refractivity contribution in [2.75, 3.05) is 13.9 Å². The van der Waals surface area contributed by atoms with Crippen molar-refractivity contribution in [1.82, 2.24) is 4.98 Å². The molecule has 3 nitrogen and oxygen atoms in total. The molecule has 0 N–H and O–H groups in total. The van der Waals surface area contributed by atoms with Gasteiger partial charge in [0.15, 0.2) is 6.79 Å². The van der Waals surface area contributed by atoms with E-state index in [1.807, 2.05) is 12.1 Å². The summed E-state index contributed by atoms with van der Waals surface area (Å²) in [6, 6.07) is 3.64. The molecule has 23 heavy (non-hydrogen) atoms. The molecule has 0 unspecified atom stereocenters. The van der Waals surface area contributed by atoms with E-state index < -0.39 is 0 Å². The van der Waals surface area contributed by atoms with Crippen LogP contribution in [0.4, 0.5) is 0 Å². The van der Waals surface area contributed by atoms with Crippen molar-refractivity contribution in [1.29, 1.82) is 0 Å². The van der Waals surface area contributed by atoms with Crippen LogP contribution in [0.15, 0.2) is 24.5 Å². The van der Waals surface area contributed by atoms with Crippen LogP contribution in [0.3, 0.4) is 0 Å². The Morgan fingerprint density at radius 2 is 1.26 bits per heavy atom. The van der Waals surface area contributed by atoms with E-state index in [0.717, 1.165) is 5.75 Å². The molecule has 4 heteroatoms. The van der Waals surface area contributed by atoms with Crippen molar-refractivity contribution in [3.63, 3.8) is 0 Å². The zero-order valence-electron chi connectivity index (χ0n) is 16.5. The summed E-state index contributed by atoms with van der Waals surface area (Å²) < 4.78 is 9.77. The Hall–Kier alpha value is -0.291. The van der Waals surface area contributed by atoms with Gasteiger partial charge >= 0.3 is 0 Å². The Kier molecular flexibility index (Phi) is 44.3. The van der Waals surface area contributed by atoms with Crippen molar-refractivity contribution >= 4 is 23.9 Å². The minimum absolute atomic E-state index is 0. The van der Waals surface area contributed by atoms with Crippen LogP contribution in [0.2, 0.25) is 0 Å². The topological polar surface area (TPSA) is 31.4 Å². The molecule has 0 bridgehead atoms. The predicted molar refractivity (Wildman–Crippen MR) is 104 cm³/mol. The Bertz CT molecular complexity index is 243. The Morgan fingerprint density at radius 3 is 1.52 bits per heavy atom. The number of hydrogen-bond donors (Lipinski definition) is 0. The van der Waals surface area contributed by atoms with Crippen LogP contribution in [-0.2, 0) is 4.74 Å². The number of rotatable bonds is 6. The van der Waals surface area contributed by atoms with Crippen LogP contribution in [0.25, 0.3) is 0 Å². The van der Waals surface area contributed by atoms with Gasteiger partial charge in [0, 0.05) is 37.2 Å². The standard InChI is InChI=1S/C7H9NO2.3C4H10.Sn/c1-9-6-10-7-3-2-4-8-5-7;3*1-3-4-2;/h2-5H,6H2,1H3;3*3-4H2,1-2H3;. The second-order valence-corrected chi connectivity index (χ2v) is 4.74. The molecule has 0 aliphatic carbocycles. The maximum atomic E-state index is 5.07. The minimum Gasteiger partial charge on any atom is -0.466 e. The van der Waals surface area contributed by atoms with Crippen LogP contribution < -0.4 is 4.74 Å². The normalized spacial score (nSPS) is 7.96. The molecular weight excluding hydrogens is 393 g/mol. The average Bonchev–Trinajstić information content (AvgIpc) is 2.61. The van der Waals surface area contributed by atoms with Gasteiger partial charge in [0.25, 0.3) is 0 Å². The maximum absolute atomic E-state index is 5.07. The molecule has 0 spiro atoms. The molecule has 136 valence electrons. The summed E-state index contributed by atoms with van der Waals surface area (Å²) >= 11 is 0. The summed E-state index contributed by atoms with van der Waals surface area (Å²) in [5, 5.41) is 0. The first kappa shape index (κ1) is 30.6. The predicted octanol–water partition coefficient (Wildman–Crippen LogP) is 6.10. The number of hydrogen-bond acceptors (Lipinski definition) is 3. The van der Waals surface area contributed by atoms with E-state index in [2.05, 4.69) is 46.5 Å². The molecule has 4 radical (unpaired) electrons. The van der Waals surface area contributed by atoms with E-state index in [1.54, 1.807) is 19.5 Å². The van der Waals surface area contributed by atoms with Crippen molar-refractivity contribution in [3.05, 3.63) is 24.5 Å². The summed E-state index contributed by atoms with van der Waals surface area (Å²) in [7, 11) is 1.58. The van der Waals surface area contributed by atoms with Gasteiger partial charge in [-0.25, -0.2) is 0 Å². The van der Waals surface area contributed by atoms with Crippen molar-refractivity contribution < 1.29 is 9.47 Å². The third kappa shape index (κ3) is 39.0. The van der Waals surface area contributed by atoms with Crippen molar-refractivity contribution in [3.8, 4) is 5.75 Å². The van der Waals surface area contributed by atoms with E-state index in [9.17, 15) is 0 Å². The summed E-state index contributed by atoms with van der Waals surface area (Å²) in [5.74, 6) is 0.726. The van der Waals surface area contributed by atoms with Crippen LogP contribution in [0.1, 0.15) is 80.1 Å². The zero-order chi connectivity index (χ0) is 17.5. The first-order valence-electron chi connectivity index (χ1n) is 8.69. The fourth-order valence-electron chi connectivity index (χ4n) is 0.559. The van der Waals surface area contributed by atoms with E-state index in [4.69, 9.17) is 9.47 Å². The number of pyridine rings is 1. The molecule has 0 atom stereocenters. The van der Waals surface area contributed by atoms with Gasteiger partial charge in [0.2, 0.25) is 0 Å². The van der Waals surface area contributed by atoms with Gasteiger partial charge in [-0.2, -0.15) is 0 Å². The summed E-state index contributed by atoms with van der Waals surface area (Å²) in [5.41, 5.74) is 0. The quantitative estimate of drug-likeness (QED) is 0.402. The van der Waals surface area contributed by atoms with Gasteiger partial charge < -0.3 is 9.47 Å². The third-order valence-corrected chi connectivity index (χ3v) is 2.48. The van der Waals surface area contributed by atoms with Crippen LogP contribution in [0, 0.1) is 0 Å². The number of unbranched alkanes of at least 4 members (excludes halogenated alkanes) is 3. The van der Waals surface area contributed by atoms with E-state index in [-0.39, 0.29) is 30.7 Å². The Morgan fingerprint density at radius 1 is 0.826 bits per heavy atom. The maximum Gasteiger partial charge on any atom is 0.188 e. The largest absolute Gasteiger partial charge is 0.466 e. The minimum atomic E-state index is 0. The van der Waals surface area contributed by atoms with Crippen molar-refractivity contribution in [2.45, 2.75) is 80.1 Å². The third-order valence-electron chi connectivity index (χ3n) is 2.48. The molecule has 0 aromatic carbocycles. The van der Waals surface area contributed by atoms with Gasteiger partial charge in [-0.3, -0.25) is 4.98 Å². The number of ether oxygens (including phenoxy) is 2. The second kappa shape index (κ2) is 33.3. The molecule has 0 amide bonds. The van der Waals surface area contributed by atoms with Crippen LogP contribution >= 0.6 is 0 Å². The molecule has 1 aromatic rings. The fraction of sp³-hybridized carbons (Fsp3) is 0.737. The van der Waals surface area contributed by atoms with E-state index >= 15 is 0 Å². The van der Waals surface area contributed by atoms with Gasteiger partial charge in [0.1, 0.15) is 5.75 Å². The van der Waals surface area contributed by atoms with Crippen LogP contribution in [-0.4, -0.2) is 42.8 Å². The SMILES string of the molecule is CCCC.CCCC.CCCC.COCOc1cccnc1.[Sn]. The second-order valence-electron chi connectivity index (χ2n) is 4.74. The molecular formula is C19H39NO2Sn. The molecule has 1 rings (SSSR count). The molecule has 1 heterocycles. The van der Waals surface area contributed by atoms with Gasteiger partial charge in [0.05, 0.1) is 6.20 Å². The molecule has 0 saturated heterocycles. The summed E-state index contributed by atoms with van der Waals surface area (Å²) in [6.45, 7) is 13.4. The Labute approximate surface area is 162 Å². The summed E-state index contributed by atoms with van der Waals surface area (Å²) in [6.07, 6.45) is 11.2. The molecule has 0 saturated carbocycles. The number of methoxy groups -OCH3 is 1. The molecule has 1 aromatic heterocycles. The molecule has 0 aliphatic heterocycles. The van der Waals surface area contributed by atoms with Crippen molar-refractivity contribution in [2.24, 2.45) is 0 Å². The smallest absolute Gasteiger partial charge is 0.188 e. The summed E-state index contributed by atoms with van der Waals surface area (Å²) in [4.78, 5) is 3.86. The average molecular weight is 432 g/mol. The van der Waals surface area contributed by atoms with Gasteiger partial charge in [-0.1, -0.05) is 80.1 Å². The number of nitrogens with zero attached hydrogens (tertiary/aromatic N) is 1. The number of aromatic nitrogens is 1. The van der Waals surface area contributed by atoms with Gasteiger partial charge in [-0.15, -0.1) is 0 Å². The zero-order valence-corrected chi connectivity index (χ0v) is 19.4. The Balaban J connectivity index is -0.000000118. The van der Waals surface area contributed by atoms with E-state index in [1.165, 1.54) is 38.5 Å². The van der Waals surface area contributed by atoms with Crippen LogP contribution in [0.5, 0.6) is 5.75 Å². The first-order valence-corrected chi connectivity index (χ1v) is 8.69. The first-order chi connectivity index (χ1) is 10.7. The van der Waals surface area contributed by atoms with Gasteiger partial charge in [-0.05, 0) is 12.1 Å². The molecule has 0 aliphatic rings. The monoisotopic (exact) mass is 433 g/mol. The van der Waals surface area contributed by atoms with E-state index in [0.29, 0.717) is 0 Å². The fourth-order valence-corrected chi connectivity index (χ4v) is 0.559. The molecule has 0 fully saturated rings.